The van der Waals surface area contributed by atoms with Gasteiger partial charge in [0.1, 0.15) is 5.75 Å². The summed E-state index contributed by atoms with van der Waals surface area (Å²) in [5, 5.41) is 3.83. The van der Waals surface area contributed by atoms with E-state index < -0.39 is 0 Å². The second kappa shape index (κ2) is 8.86. The Balaban J connectivity index is 1.69. The van der Waals surface area contributed by atoms with E-state index in [1.807, 2.05) is 11.6 Å². The maximum Gasteiger partial charge on any atom is 0.309 e. The lowest BCUT2D eigenvalue weighted by molar-refractivity contribution is -0.149. The van der Waals surface area contributed by atoms with E-state index in [1.54, 1.807) is 25.3 Å². The number of nitrogens with zero attached hydrogens (tertiary/aromatic N) is 3. The molecular weight excluding hydrogens is 388 g/mol. The largest absolute Gasteiger partial charge is 0.496 e. The molecule has 27 heavy (non-hydrogen) atoms. The summed E-state index contributed by atoms with van der Waals surface area (Å²) in [4.78, 5) is 18.5. The van der Waals surface area contributed by atoms with Crippen LogP contribution in [-0.4, -0.2) is 52.4 Å². The number of likely N-dealkylation sites (tertiary alicyclic amines) is 1. The number of aromatic amines is 1. The number of aromatic nitrogens is 3. The van der Waals surface area contributed by atoms with Crippen molar-refractivity contribution in [1.29, 1.82) is 0 Å². The summed E-state index contributed by atoms with van der Waals surface area (Å²) in [5.74, 6) is 1.18. The molecular formula is C18H23ClN4O3S. The van der Waals surface area contributed by atoms with Crippen LogP contribution in [0.25, 0.3) is 11.4 Å². The van der Waals surface area contributed by atoms with E-state index in [1.165, 1.54) is 0 Å². The van der Waals surface area contributed by atoms with Crippen molar-refractivity contribution in [2.24, 2.45) is 5.92 Å². The molecule has 9 heteroatoms. The molecule has 1 aliphatic rings. The van der Waals surface area contributed by atoms with Crippen LogP contribution in [0.4, 0.5) is 0 Å². The Labute approximate surface area is 168 Å². The molecule has 1 aromatic heterocycles. The van der Waals surface area contributed by atoms with Crippen LogP contribution in [0.1, 0.15) is 19.8 Å². The summed E-state index contributed by atoms with van der Waals surface area (Å²) in [6.45, 7) is 4.46. The van der Waals surface area contributed by atoms with Crippen molar-refractivity contribution in [3.63, 3.8) is 0 Å². The fourth-order valence-corrected chi connectivity index (χ4v) is 3.58. The molecule has 0 aliphatic carbocycles. The van der Waals surface area contributed by atoms with E-state index in [0.29, 0.717) is 34.6 Å². The molecule has 3 rings (SSSR count). The molecule has 1 saturated heterocycles. The second-order valence-corrected chi connectivity index (χ2v) is 7.21. The van der Waals surface area contributed by atoms with Crippen molar-refractivity contribution < 1.29 is 14.3 Å². The van der Waals surface area contributed by atoms with Gasteiger partial charge >= 0.3 is 5.97 Å². The van der Waals surface area contributed by atoms with Crippen molar-refractivity contribution in [2.45, 2.75) is 26.4 Å². The third-order valence-electron chi connectivity index (χ3n) is 4.64. The molecule has 1 aromatic carbocycles. The topological polar surface area (TPSA) is 72.4 Å². The molecule has 0 radical (unpaired) electrons. The minimum atomic E-state index is -0.0920. The first-order valence-corrected chi connectivity index (χ1v) is 9.70. The molecule has 7 nitrogen and oxygen atoms in total. The molecule has 0 amide bonds. The average molecular weight is 411 g/mol. The van der Waals surface area contributed by atoms with Crippen molar-refractivity contribution in [2.75, 3.05) is 26.8 Å². The molecule has 2 aromatic rings. The molecule has 2 heterocycles. The predicted molar refractivity (Wildman–Crippen MR) is 105 cm³/mol. The highest BCUT2D eigenvalue weighted by Gasteiger charge is 2.26. The van der Waals surface area contributed by atoms with Crippen LogP contribution in [0.2, 0.25) is 5.02 Å². The standard InChI is InChI=1S/C18H23ClN4O3S/c1-3-26-17(24)12-6-8-22(9-7-12)11-23-18(27)20-16(21-23)14-10-13(19)4-5-15(14)25-2/h4-5,10,12H,3,6-9,11H2,1-2H3,(H,20,21,27). The monoisotopic (exact) mass is 410 g/mol. The number of ether oxygens (including phenoxy) is 2. The SMILES string of the molecule is CCOC(=O)C1CCN(Cn2[nH]c(-c3cc(Cl)ccc3OC)nc2=S)CC1. The normalized spacial score (nSPS) is 15.7. The van der Waals surface area contributed by atoms with Crippen molar-refractivity contribution in [3.05, 3.63) is 28.0 Å². The quantitative estimate of drug-likeness (QED) is 0.580. The van der Waals surface area contributed by atoms with Crippen molar-refractivity contribution in [1.82, 2.24) is 19.7 Å². The minimum Gasteiger partial charge on any atom is -0.496 e. The van der Waals surface area contributed by atoms with Gasteiger partial charge in [-0.1, -0.05) is 11.6 Å². The van der Waals surface area contributed by atoms with E-state index in [9.17, 15) is 4.79 Å². The highest BCUT2D eigenvalue weighted by molar-refractivity contribution is 7.71. The highest BCUT2D eigenvalue weighted by Crippen LogP contribution is 2.30. The first-order chi connectivity index (χ1) is 13.0. The zero-order valence-corrected chi connectivity index (χ0v) is 17.0. The van der Waals surface area contributed by atoms with Gasteiger partial charge < -0.3 is 9.47 Å². The summed E-state index contributed by atoms with van der Waals surface area (Å²) in [5.41, 5.74) is 0.760. The maximum atomic E-state index is 11.9. The van der Waals surface area contributed by atoms with Gasteiger partial charge in [-0.2, -0.15) is 4.98 Å². The minimum absolute atomic E-state index is 0.0118. The van der Waals surface area contributed by atoms with E-state index >= 15 is 0 Å². The number of nitrogens with one attached hydrogen (secondary N) is 1. The summed E-state index contributed by atoms with van der Waals surface area (Å²) in [7, 11) is 1.60. The first-order valence-electron chi connectivity index (χ1n) is 8.91. The number of halogens is 1. The lowest BCUT2D eigenvalue weighted by Crippen LogP contribution is -2.38. The fourth-order valence-electron chi connectivity index (χ4n) is 3.21. The van der Waals surface area contributed by atoms with Crippen LogP contribution in [0.15, 0.2) is 18.2 Å². The number of hydrogen-bond acceptors (Lipinski definition) is 6. The number of hydrogen-bond donors (Lipinski definition) is 1. The molecule has 0 bridgehead atoms. The van der Waals surface area contributed by atoms with Gasteiger partial charge in [0.15, 0.2) is 5.82 Å². The Kier molecular flexibility index (Phi) is 6.51. The third-order valence-corrected chi connectivity index (χ3v) is 5.19. The lowest BCUT2D eigenvalue weighted by atomic mass is 9.97. The molecule has 0 spiro atoms. The molecule has 1 N–H and O–H groups in total. The van der Waals surface area contributed by atoms with Crippen molar-refractivity contribution in [3.8, 4) is 17.1 Å². The Hall–Kier alpha value is -1.90. The fraction of sp³-hybridized carbons (Fsp3) is 0.500. The molecule has 0 saturated carbocycles. The van der Waals surface area contributed by atoms with Gasteiger partial charge in [0.25, 0.3) is 0 Å². The number of piperidine rings is 1. The van der Waals surface area contributed by atoms with Crippen LogP contribution in [0.5, 0.6) is 5.75 Å². The van der Waals surface area contributed by atoms with E-state index in [2.05, 4.69) is 15.0 Å². The number of carbonyl (C=O) groups excluding carboxylic acids is 1. The van der Waals surface area contributed by atoms with Crippen LogP contribution in [0, 0.1) is 10.7 Å². The molecule has 0 unspecified atom stereocenters. The Morgan fingerprint density at radius 1 is 1.41 bits per heavy atom. The van der Waals surface area contributed by atoms with Gasteiger partial charge in [-0.25, -0.2) is 4.68 Å². The summed E-state index contributed by atoms with van der Waals surface area (Å²) >= 11 is 11.5. The van der Waals surface area contributed by atoms with Gasteiger partial charge in [-0.15, -0.1) is 0 Å². The summed E-state index contributed by atoms with van der Waals surface area (Å²) in [6.07, 6.45) is 1.57. The highest BCUT2D eigenvalue weighted by atomic mass is 35.5. The van der Waals surface area contributed by atoms with Crippen LogP contribution in [0.3, 0.4) is 0 Å². The zero-order valence-electron chi connectivity index (χ0n) is 15.4. The Morgan fingerprint density at radius 2 is 2.15 bits per heavy atom. The third kappa shape index (κ3) is 4.69. The van der Waals surface area contributed by atoms with Crippen LogP contribution >= 0.6 is 23.8 Å². The van der Waals surface area contributed by atoms with E-state index in [4.69, 9.17) is 33.3 Å². The number of methoxy groups -OCH3 is 1. The Morgan fingerprint density at radius 3 is 2.81 bits per heavy atom. The molecule has 1 fully saturated rings. The number of carbonyl (C=O) groups is 1. The van der Waals surface area contributed by atoms with Crippen LogP contribution in [-0.2, 0) is 16.2 Å². The zero-order chi connectivity index (χ0) is 19.4. The molecule has 146 valence electrons. The van der Waals surface area contributed by atoms with Gasteiger partial charge in [0.2, 0.25) is 4.77 Å². The Bertz CT molecular complexity index is 859. The summed E-state index contributed by atoms with van der Waals surface area (Å²) < 4.78 is 12.8. The molecule has 1 aliphatic heterocycles. The number of H-pyrrole nitrogens is 1. The lowest BCUT2D eigenvalue weighted by Gasteiger charge is -2.30. The van der Waals surface area contributed by atoms with E-state index in [-0.39, 0.29) is 11.9 Å². The van der Waals surface area contributed by atoms with Gasteiger partial charge in [0.05, 0.1) is 31.9 Å². The maximum absolute atomic E-state index is 11.9. The van der Waals surface area contributed by atoms with Gasteiger partial charge in [-0.05, 0) is 50.2 Å². The van der Waals surface area contributed by atoms with Gasteiger partial charge in [0, 0.05) is 18.1 Å². The predicted octanol–water partition coefficient (Wildman–Crippen LogP) is 3.50. The summed E-state index contributed by atoms with van der Waals surface area (Å²) in [6, 6.07) is 5.36. The second-order valence-electron chi connectivity index (χ2n) is 6.41. The number of esters is 1. The van der Waals surface area contributed by atoms with Crippen LogP contribution < -0.4 is 4.74 Å². The molecule has 0 atom stereocenters. The average Bonchev–Trinajstić information content (AvgIpc) is 3.03. The number of rotatable bonds is 6. The van der Waals surface area contributed by atoms with Crippen molar-refractivity contribution >= 4 is 29.8 Å². The number of benzene rings is 1. The van der Waals surface area contributed by atoms with E-state index in [0.717, 1.165) is 31.5 Å². The first kappa shape index (κ1) is 19.9. The smallest absolute Gasteiger partial charge is 0.309 e. The van der Waals surface area contributed by atoms with Gasteiger partial charge in [-0.3, -0.25) is 14.8 Å².